The van der Waals surface area contributed by atoms with Crippen molar-refractivity contribution in [2.75, 3.05) is 0 Å². The summed E-state index contributed by atoms with van der Waals surface area (Å²) in [5, 5.41) is 20.9. The Balaban J connectivity index is 2.67. The van der Waals surface area contributed by atoms with Gasteiger partial charge in [-0.2, -0.15) is 0 Å². The van der Waals surface area contributed by atoms with E-state index < -0.39 is 12.1 Å². The molecular formula is C13H15NO2. The van der Waals surface area contributed by atoms with Crippen LogP contribution in [0.25, 0.3) is 10.8 Å². The van der Waals surface area contributed by atoms with Gasteiger partial charge in [0.25, 0.3) is 0 Å². The average molecular weight is 217 g/mol. The van der Waals surface area contributed by atoms with E-state index in [9.17, 15) is 10.2 Å². The highest BCUT2D eigenvalue weighted by Gasteiger charge is 2.15. The van der Waals surface area contributed by atoms with E-state index in [1.807, 2.05) is 24.3 Å². The first-order chi connectivity index (χ1) is 7.61. The Morgan fingerprint density at radius 1 is 1.06 bits per heavy atom. The first-order valence-electron chi connectivity index (χ1n) is 5.25. The maximum atomic E-state index is 9.71. The lowest BCUT2D eigenvalue weighted by atomic mass is 9.96. The van der Waals surface area contributed by atoms with Gasteiger partial charge >= 0.3 is 0 Å². The van der Waals surface area contributed by atoms with E-state index in [2.05, 4.69) is 0 Å². The first-order valence-corrected chi connectivity index (χ1v) is 5.25. The molecule has 0 fully saturated rings. The van der Waals surface area contributed by atoms with Gasteiger partial charge in [-0.25, -0.2) is 0 Å². The molecule has 0 aliphatic heterocycles. The SMILES string of the molecule is C[C@H](O)[C@H](N)c1ccc(O)c2ccccc12. The van der Waals surface area contributed by atoms with Gasteiger partial charge in [-0.05, 0) is 23.9 Å². The Bertz CT molecular complexity index is 508. The number of rotatable bonds is 2. The van der Waals surface area contributed by atoms with Crippen LogP contribution in [0, 0.1) is 0 Å². The van der Waals surface area contributed by atoms with Crippen LogP contribution in [-0.4, -0.2) is 16.3 Å². The van der Waals surface area contributed by atoms with Crippen molar-refractivity contribution in [3.63, 3.8) is 0 Å². The lowest BCUT2D eigenvalue weighted by Gasteiger charge is -2.17. The number of aliphatic hydroxyl groups excluding tert-OH is 1. The van der Waals surface area contributed by atoms with E-state index in [1.165, 1.54) is 0 Å². The molecule has 0 radical (unpaired) electrons. The van der Waals surface area contributed by atoms with Gasteiger partial charge in [0, 0.05) is 5.39 Å². The van der Waals surface area contributed by atoms with Crippen molar-refractivity contribution in [3.8, 4) is 5.75 Å². The largest absolute Gasteiger partial charge is 0.507 e. The van der Waals surface area contributed by atoms with Crippen LogP contribution >= 0.6 is 0 Å². The van der Waals surface area contributed by atoms with Gasteiger partial charge in [0.2, 0.25) is 0 Å². The molecule has 0 aliphatic rings. The number of phenols is 1. The molecule has 0 spiro atoms. The summed E-state index contributed by atoms with van der Waals surface area (Å²) in [6.07, 6.45) is -0.618. The molecule has 4 N–H and O–H groups in total. The fraction of sp³-hybridized carbons (Fsp3) is 0.231. The van der Waals surface area contributed by atoms with Gasteiger partial charge in [0.15, 0.2) is 0 Å². The summed E-state index contributed by atoms with van der Waals surface area (Å²) in [5.41, 5.74) is 6.77. The van der Waals surface area contributed by atoms with Crippen molar-refractivity contribution in [1.82, 2.24) is 0 Å². The van der Waals surface area contributed by atoms with E-state index in [1.54, 1.807) is 19.1 Å². The number of aliphatic hydroxyl groups is 1. The number of hydrogen-bond donors (Lipinski definition) is 3. The second-order valence-corrected chi connectivity index (χ2v) is 3.99. The van der Waals surface area contributed by atoms with Gasteiger partial charge in [-0.3, -0.25) is 0 Å². The van der Waals surface area contributed by atoms with E-state index in [0.29, 0.717) is 0 Å². The summed E-state index contributed by atoms with van der Waals surface area (Å²) in [6.45, 7) is 1.66. The molecular weight excluding hydrogens is 202 g/mol. The summed E-state index contributed by atoms with van der Waals surface area (Å²) < 4.78 is 0. The molecule has 2 aromatic carbocycles. The molecule has 2 aromatic rings. The molecule has 0 saturated carbocycles. The quantitative estimate of drug-likeness (QED) is 0.720. The van der Waals surface area contributed by atoms with Gasteiger partial charge in [0.1, 0.15) is 5.75 Å². The third kappa shape index (κ3) is 1.75. The van der Waals surface area contributed by atoms with Crippen LogP contribution in [0.4, 0.5) is 0 Å². The van der Waals surface area contributed by atoms with Crippen molar-refractivity contribution in [2.24, 2.45) is 5.73 Å². The zero-order chi connectivity index (χ0) is 11.7. The minimum Gasteiger partial charge on any atom is -0.507 e. The molecule has 0 saturated heterocycles. The molecule has 3 nitrogen and oxygen atoms in total. The standard InChI is InChI=1S/C13H15NO2/c1-8(15)13(14)11-6-7-12(16)10-5-3-2-4-9(10)11/h2-8,13,15-16H,14H2,1H3/t8-,13-/m0/s1. The van der Waals surface area contributed by atoms with Gasteiger partial charge in [-0.1, -0.05) is 30.3 Å². The third-order valence-corrected chi connectivity index (χ3v) is 2.81. The fourth-order valence-corrected chi connectivity index (χ4v) is 1.86. The molecule has 84 valence electrons. The maximum Gasteiger partial charge on any atom is 0.123 e. The predicted octanol–water partition coefficient (Wildman–Crippen LogP) is 1.93. The van der Waals surface area contributed by atoms with Gasteiger partial charge in [-0.15, -0.1) is 0 Å². The zero-order valence-corrected chi connectivity index (χ0v) is 9.09. The average Bonchev–Trinajstić information content (AvgIpc) is 2.29. The van der Waals surface area contributed by atoms with Crippen molar-refractivity contribution < 1.29 is 10.2 Å². The van der Waals surface area contributed by atoms with E-state index in [4.69, 9.17) is 5.73 Å². The van der Waals surface area contributed by atoms with Crippen molar-refractivity contribution in [2.45, 2.75) is 19.1 Å². The van der Waals surface area contributed by atoms with Crippen LogP contribution in [-0.2, 0) is 0 Å². The normalized spacial score (nSPS) is 14.9. The second kappa shape index (κ2) is 4.12. The Morgan fingerprint density at radius 2 is 1.69 bits per heavy atom. The Morgan fingerprint density at radius 3 is 2.31 bits per heavy atom. The second-order valence-electron chi connectivity index (χ2n) is 3.99. The summed E-state index contributed by atoms with van der Waals surface area (Å²) in [4.78, 5) is 0. The van der Waals surface area contributed by atoms with Crippen LogP contribution in [0.2, 0.25) is 0 Å². The van der Waals surface area contributed by atoms with Crippen LogP contribution < -0.4 is 5.73 Å². The fourth-order valence-electron chi connectivity index (χ4n) is 1.86. The third-order valence-electron chi connectivity index (χ3n) is 2.81. The minimum absolute atomic E-state index is 0.233. The smallest absolute Gasteiger partial charge is 0.123 e. The number of benzene rings is 2. The highest BCUT2D eigenvalue weighted by Crippen LogP contribution is 2.30. The minimum atomic E-state index is -0.618. The topological polar surface area (TPSA) is 66.5 Å². The van der Waals surface area contributed by atoms with Gasteiger partial charge in [0.05, 0.1) is 12.1 Å². The lowest BCUT2D eigenvalue weighted by Crippen LogP contribution is -2.23. The molecule has 0 amide bonds. The monoisotopic (exact) mass is 217 g/mol. The summed E-state index contributed by atoms with van der Waals surface area (Å²) in [5.74, 6) is 0.233. The molecule has 0 bridgehead atoms. The molecule has 0 heterocycles. The zero-order valence-electron chi connectivity index (χ0n) is 9.09. The molecule has 2 atom stereocenters. The van der Waals surface area contributed by atoms with Gasteiger partial charge < -0.3 is 15.9 Å². The Labute approximate surface area is 94.1 Å². The van der Waals surface area contributed by atoms with E-state index in [-0.39, 0.29) is 5.75 Å². The lowest BCUT2D eigenvalue weighted by molar-refractivity contribution is 0.165. The Kier molecular flexibility index (Phi) is 2.81. The number of hydrogen-bond acceptors (Lipinski definition) is 3. The predicted molar refractivity (Wildman–Crippen MR) is 64.2 cm³/mol. The highest BCUT2D eigenvalue weighted by atomic mass is 16.3. The maximum absolute atomic E-state index is 9.71. The van der Waals surface area contributed by atoms with Crippen LogP contribution in [0.3, 0.4) is 0 Å². The molecule has 2 rings (SSSR count). The van der Waals surface area contributed by atoms with Crippen molar-refractivity contribution >= 4 is 10.8 Å². The number of fused-ring (bicyclic) bond motifs is 1. The number of phenolic OH excluding ortho intramolecular Hbond substituents is 1. The first kappa shape index (κ1) is 10.9. The summed E-state index contributed by atoms with van der Waals surface area (Å²) >= 11 is 0. The molecule has 3 heteroatoms. The number of nitrogens with two attached hydrogens (primary N) is 1. The van der Waals surface area contributed by atoms with Crippen LogP contribution in [0.1, 0.15) is 18.5 Å². The molecule has 16 heavy (non-hydrogen) atoms. The van der Waals surface area contributed by atoms with Crippen LogP contribution in [0.5, 0.6) is 5.75 Å². The molecule has 0 unspecified atom stereocenters. The Hall–Kier alpha value is -1.58. The van der Waals surface area contributed by atoms with E-state index in [0.717, 1.165) is 16.3 Å². The summed E-state index contributed by atoms with van der Waals surface area (Å²) in [7, 11) is 0. The molecule has 0 aliphatic carbocycles. The van der Waals surface area contributed by atoms with Crippen molar-refractivity contribution in [1.29, 1.82) is 0 Å². The van der Waals surface area contributed by atoms with Crippen molar-refractivity contribution in [3.05, 3.63) is 42.0 Å². The highest BCUT2D eigenvalue weighted by molar-refractivity contribution is 5.91. The van der Waals surface area contributed by atoms with Crippen LogP contribution in [0.15, 0.2) is 36.4 Å². The molecule has 0 aromatic heterocycles. The van der Waals surface area contributed by atoms with E-state index >= 15 is 0 Å². The summed E-state index contributed by atoms with van der Waals surface area (Å²) in [6, 6.07) is 10.4. The number of aromatic hydroxyl groups is 1.